The summed E-state index contributed by atoms with van der Waals surface area (Å²) in [5.41, 5.74) is 0. The van der Waals surface area contributed by atoms with Gasteiger partial charge in [-0.25, -0.2) is 0 Å². The van der Waals surface area contributed by atoms with Crippen molar-refractivity contribution >= 4 is 0 Å². The van der Waals surface area contributed by atoms with E-state index in [4.69, 9.17) is 5.26 Å². The molecule has 1 N–H and O–H groups in total. The van der Waals surface area contributed by atoms with Crippen LogP contribution in [0.1, 0.15) is 33.1 Å². The van der Waals surface area contributed by atoms with Crippen LogP contribution in [0.5, 0.6) is 0 Å². The van der Waals surface area contributed by atoms with Gasteiger partial charge in [-0.2, -0.15) is 5.26 Å². The van der Waals surface area contributed by atoms with Gasteiger partial charge in [0.25, 0.3) is 0 Å². The zero-order chi connectivity index (χ0) is 10.4. The van der Waals surface area contributed by atoms with Gasteiger partial charge in [0, 0.05) is 31.6 Å². The minimum Gasteiger partial charge on any atom is -0.313 e. The maximum atomic E-state index is 8.57. The second-order valence-corrected chi connectivity index (χ2v) is 4.29. The second-order valence-electron chi connectivity index (χ2n) is 4.29. The molecule has 0 spiro atoms. The fraction of sp³-hybridized carbons (Fsp3) is 0.909. The highest BCUT2D eigenvalue weighted by Crippen LogP contribution is 2.09. The largest absolute Gasteiger partial charge is 0.313 e. The lowest BCUT2D eigenvalue weighted by atomic mass is 10.2. The Morgan fingerprint density at radius 1 is 1.57 bits per heavy atom. The van der Waals surface area contributed by atoms with Crippen molar-refractivity contribution in [2.75, 3.05) is 19.6 Å². The Balaban J connectivity index is 2.30. The molecule has 0 aromatic heterocycles. The van der Waals surface area contributed by atoms with Gasteiger partial charge in [-0.3, -0.25) is 4.90 Å². The van der Waals surface area contributed by atoms with E-state index < -0.39 is 0 Å². The van der Waals surface area contributed by atoms with Crippen LogP contribution in [0.3, 0.4) is 0 Å². The van der Waals surface area contributed by atoms with Gasteiger partial charge in [0.05, 0.1) is 6.07 Å². The van der Waals surface area contributed by atoms with Crippen LogP contribution in [0, 0.1) is 11.3 Å². The average molecular weight is 195 g/mol. The zero-order valence-corrected chi connectivity index (χ0v) is 9.29. The second kappa shape index (κ2) is 6.00. The summed E-state index contributed by atoms with van der Waals surface area (Å²) >= 11 is 0. The summed E-state index contributed by atoms with van der Waals surface area (Å²) in [6, 6.07) is 3.41. The molecule has 1 fully saturated rings. The van der Waals surface area contributed by atoms with Crippen LogP contribution in [-0.2, 0) is 0 Å². The molecule has 1 heterocycles. The molecular weight excluding hydrogens is 174 g/mol. The summed E-state index contributed by atoms with van der Waals surface area (Å²) in [4.78, 5) is 2.40. The highest BCUT2D eigenvalue weighted by Gasteiger charge is 2.18. The van der Waals surface area contributed by atoms with E-state index in [9.17, 15) is 0 Å². The van der Waals surface area contributed by atoms with E-state index in [1.54, 1.807) is 0 Å². The van der Waals surface area contributed by atoms with Crippen molar-refractivity contribution in [3.8, 4) is 6.07 Å². The smallest absolute Gasteiger partial charge is 0.0635 e. The van der Waals surface area contributed by atoms with Gasteiger partial charge in [0.1, 0.15) is 0 Å². The number of nitrogens with zero attached hydrogens (tertiary/aromatic N) is 2. The number of nitriles is 1. The molecule has 3 heteroatoms. The molecule has 0 amide bonds. The fourth-order valence-electron chi connectivity index (χ4n) is 1.95. The third kappa shape index (κ3) is 3.65. The minimum atomic E-state index is 0.547. The average Bonchev–Trinajstić information content (AvgIpc) is 2.64. The Labute approximate surface area is 87.1 Å². The Morgan fingerprint density at radius 3 is 2.86 bits per heavy atom. The van der Waals surface area contributed by atoms with Crippen LogP contribution < -0.4 is 5.32 Å². The molecule has 14 heavy (non-hydrogen) atoms. The number of hydrogen-bond donors (Lipinski definition) is 1. The zero-order valence-electron chi connectivity index (χ0n) is 9.29. The standard InChI is InChI=1S/C11H21N3/c1-10(2)14(8-4-6-12)9-11-5-3-7-13-11/h10-11,13H,3-5,7-9H2,1-2H3. The predicted molar refractivity (Wildman–Crippen MR) is 58.0 cm³/mol. The molecule has 1 saturated heterocycles. The van der Waals surface area contributed by atoms with Crippen molar-refractivity contribution in [3.05, 3.63) is 0 Å². The molecule has 3 nitrogen and oxygen atoms in total. The Bertz CT molecular complexity index is 189. The van der Waals surface area contributed by atoms with E-state index in [1.807, 2.05) is 0 Å². The molecule has 1 unspecified atom stereocenters. The van der Waals surface area contributed by atoms with E-state index in [1.165, 1.54) is 12.8 Å². The third-order valence-electron chi connectivity index (χ3n) is 2.86. The van der Waals surface area contributed by atoms with Crippen LogP contribution in [0.4, 0.5) is 0 Å². The quantitative estimate of drug-likeness (QED) is 0.720. The Morgan fingerprint density at radius 2 is 2.36 bits per heavy atom. The first-order valence-electron chi connectivity index (χ1n) is 5.58. The number of hydrogen-bond acceptors (Lipinski definition) is 3. The molecule has 1 aliphatic rings. The maximum absolute atomic E-state index is 8.57. The number of rotatable bonds is 5. The van der Waals surface area contributed by atoms with Gasteiger partial charge in [-0.05, 0) is 33.2 Å². The van der Waals surface area contributed by atoms with Gasteiger partial charge >= 0.3 is 0 Å². The molecular formula is C11H21N3. The van der Waals surface area contributed by atoms with E-state index in [0.717, 1.165) is 19.6 Å². The molecule has 0 aliphatic carbocycles. The number of nitrogens with one attached hydrogen (secondary N) is 1. The first-order valence-corrected chi connectivity index (χ1v) is 5.58. The minimum absolute atomic E-state index is 0.547. The van der Waals surface area contributed by atoms with Crippen molar-refractivity contribution in [1.29, 1.82) is 5.26 Å². The van der Waals surface area contributed by atoms with Gasteiger partial charge in [-0.15, -0.1) is 0 Å². The Hall–Kier alpha value is -0.590. The van der Waals surface area contributed by atoms with Gasteiger partial charge in [0.15, 0.2) is 0 Å². The van der Waals surface area contributed by atoms with Crippen molar-refractivity contribution < 1.29 is 0 Å². The summed E-state index contributed by atoms with van der Waals surface area (Å²) in [5.74, 6) is 0. The molecule has 1 atom stereocenters. The van der Waals surface area contributed by atoms with Gasteiger partial charge in [0.2, 0.25) is 0 Å². The molecule has 1 aliphatic heterocycles. The lowest BCUT2D eigenvalue weighted by Crippen LogP contribution is -2.41. The lowest BCUT2D eigenvalue weighted by Gasteiger charge is -2.28. The highest BCUT2D eigenvalue weighted by molar-refractivity contribution is 4.81. The van der Waals surface area contributed by atoms with Crippen molar-refractivity contribution in [2.24, 2.45) is 0 Å². The van der Waals surface area contributed by atoms with Crippen LogP contribution in [0.25, 0.3) is 0 Å². The Kier molecular flexibility index (Phi) is 4.92. The van der Waals surface area contributed by atoms with Crippen molar-refractivity contribution in [1.82, 2.24) is 10.2 Å². The van der Waals surface area contributed by atoms with Crippen molar-refractivity contribution in [3.63, 3.8) is 0 Å². The normalized spacial score (nSPS) is 21.8. The van der Waals surface area contributed by atoms with E-state index >= 15 is 0 Å². The third-order valence-corrected chi connectivity index (χ3v) is 2.86. The summed E-state index contributed by atoms with van der Waals surface area (Å²) in [6.07, 6.45) is 3.23. The van der Waals surface area contributed by atoms with E-state index in [2.05, 4.69) is 30.1 Å². The molecule has 0 saturated carbocycles. The SMILES string of the molecule is CC(C)N(CCC#N)CC1CCCN1. The van der Waals surface area contributed by atoms with Crippen LogP contribution >= 0.6 is 0 Å². The summed E-state index contributed by atoms with van der Waals surface area (Å²) in [7, 11) is 0. The summed E-state index contributed by atoms with van der Waals surface area (Å²) in [5, 5.41) is 12.1. The molecule has 0 radical (unpaired) electrons. The van der Waals surface area contributed by atoms with Crippen LogP contribution in [0.15, 0.2) is 0 Å². The van der Waals surface area contributed by atoms with Crippen LogP contribution in [-0.4, -0.2) is 36.6 Å². The molecule has 80 valence electrons. The van der Waals surface area contributed by atoms with Gasteiger partial charge < -0.3 is 5.32 Å². The molecule has 1 rings (SSSR count). The molecule has 0 aromatic carbocycles. The predicted octanol–water partition coefficient (Wildman–Crippen LogP) is 1.36. The topological polar surface area (TPSA) is 39.1 Å². The first-order chi connectivity index (χ1) is 6.74. The van der Waals surface area contributed by atoms with Gasteiger partial charge in [-0.1, -0.05) is 0 Å². The highest BCUT2D eigenvalue weighted by atomic mass is 15.2. The van der Waals surface area contributed by atoms with Crippen LogP contribution in [0.2, 0.25) is 0 Å². The monoisotopic (exact) mass is 195 g/mol. The summed E-state index contributed by atoms with van der Waals surface area (Å²) < 4.78 is 0. The summed E-state index contributed by atoms with van der Waals surface area (Å²) in [6.45, 7) is 7.57. The first kappa shape index (κ1) is 11.5. The molecule has 0 aromatic rings. The molecule has 0 bridgehead atoms. The van der Waals surface area contributed by atoms with E-state index in [-0.39, 0.29) is 0 Å². The maximum Gasteiger partial charge on any atom is 0.0635 e. The van der Waals surface area contributed by atoms with Crippen molar-refractivity contribution in [2.45, 2.75) is 45.2 Å². The van der Waals surface area contributed by atoms with E-state index in [0.29, 0.717) is 18.5 Å². The fourth-order valence-corrected chi connectivity index (χ4v) is 1.95. The lowest BCUT2D eigenvalue weighted by molar-refractivity contribution is 0.207.